The maximum atomic E-state index is 12.8. The topological polar surface area (TPSA) is 61.8 Å². The smallest absolute Gasteiger partial charge is 0.534 e. The molecule has 2 aliphatic rings. The first-order chi connectivity index (χ1) is 13.5. The Morgan fingerprint density at radius 2 is 1.83 bits per heavy atom. The van der Waals surface area contributed by atoms with E-state index < -0.39 is 35.3 Å². The van der Waals surface area contributed by atoms with Crippen molar-refractivity contribution in [1.82, 2.24) is 0 Å². The lowest BCUT2D eigenvalue weighted by atomic mass is 9.68. The normalized spacial score (nSPS) is 23.6. The van der Waals surface area contributed by atoms with Crippen LogP contribution in [-0.4, -0.2) is 27.8 Å². The summed E-state index contributed by atoms with van der Waals surface area (Å²) in [5.74, 6) is 0.233. The summed E-state index contributed by atoms with van der Waals surface area (Å²) in [7, 11) is -8.00. The average Bonchev–Trinajstić information content (AvgIpc) is 2.50. The van der Waals surface area contributed by atoms with Gasteiger partial charge in [0.15, 0.2) is 0 Å². The third-order valence-corrected chi connectivity index (χ3v) is 7.14. The van der Waals surface area contributed by atoms with E-state index in [4.69, 9.17) is 9.16 Å². The summed E-state index contributed by atoms with van der Waals surface area (Å²) in [6.07, 6.45) is 4.01. The summed E-state index contributed by atoms with van der Waals surface area (Å²) < 4.78 is 78.4. The fourth-order valence-corrected chi connectivity index (χ4v) is 5.39. The Labute approximate surface area is 176 Å². The fourth-order valence-electron chi connectivity index (χ4n) is 4.12. The van der Waals surface area contributed by atoms with E-state index in [1.54, 1.807) is 0 Å². The number of ether oxygens (including phenoxy) is 1. The van der Waals surface area contributed by atoms with Crippen molar-refractivity contribution in [1.29, 1.82) is 0 Å². The van der Waals surface area contributed by atoms with E-state index in [0.717, 1.165) is 18.4 Å². The Kier molecular flexibility index (Phi) is 5.51. The van der Waals surface area contributed by atoms with Crippen molar-refractivity contribution in [3.63, 3.8) is 0 Å². The molecule has 0 aromatic heterocycles. The molecule has 0 spiro atoms. The first kappa shape index (κ1) is 23.0. The monoisotopic (exact) mass is 464 g/mol. The lowest BCUT2D eigenvalue weighted by molar-refractivity contribution is -0.0500. The fraction of sp³-hybridized carbons (Fsp3) is 0.600. The molecule has 1 aromatic carbocycles. The van der Waals surface area contributed by atoms with Crippen molar-refractivity contribution in [3.05, 3.63) is 29.3 Å². The number of halogens is 3. The van der Waals surface area contributed by atoms with Gasteiger partial charge in [0.05, 0.1) is 5.75 Å². The summed E-state index contributed by atoms with van der Waals surface area (Å²) in [5, 5.41) is 0. The maximum absolute atomic E-state index is 12.8. The molecule has 1 aliphatic carbocycles. The summed E-state index contributed by atoms with van der Waals surface area (Å²) in [5.41, 5.74) is -4.17. The maximum Gasteiger partial charge on any atom is 0.534 e. The molecule has 0 N–H and O–H groups in total. The van der Waals surface area contributed by atoms with Gasteiger partial charge in [-0.15, -0.1) is 19.6 Å². The third-order valence-electron chi connectivity index (χ3n) is 5.33. The Hall–Kier alpha value is -1.68. The lowest BCUT2D eigenvalue weighted by Crippen LogP contribution is -2.45. The lowest BCUT2D eigenvalue weighted by Gasteiger charge is -2.48. The van der Waals surface area contributed by atoms with Crippen LogP contribution in [0.5, 0.6) is 17.2 Å². The molecule has 0 unspecified atom stereocenters. The molecule has 0 radical (unpaired) electrons. The van der Waals surface area contributed by atoms with Crippen LogP contribution >= 0.6 is 0 Å². The van der Waals surface area contributed by atoms with Gasteiger partial charge in [0.2, 0.25) is 0 Å². The minimum Gasteiger partial charge on any atom is -0.689 e. The molecule has 1 aliphatic heterocycles. The molecular formula is C20H27F3O5SSi-. The molecular weight excluding hydrogens is 437 g/mol. The Bertz CT molecular complexity index is 977. The minimum absolute atomic E-state index is 0.0443. The van der Waals surface area contributed by atoms with Crippen molar-refractivity contribution in [3.8, 4) is 17.2 Å². The number of benzene rings is 1. The summed E-state index contributed by atoms with van der Waals surface area (Å²) in [4.78, 5) is 0. The van der Waals surface area contributed by atoms with Crippen LogP contribution in [0.15, 0.2) is 23.8 Å². The molecule has 10 heteroatoms. The molecule has 1 aromatic rings. The van der Waals surface area contributed by atoms with Gasteiger partial charge in [0.1, 0.15) is 17.1 Å². The molecule has 0 amide bonds. The molecule has 3 rings (SSSR count). The molecule has 0 saturated carbocycles. The highest BCUT2D eigenvalue weighted by atomic mass is 32.2. The van der Waals surface area contributed by atoms with Crippen molar-refractivity contribution in [2.45, 2.75) is 70.3 Å². The van der Waals surface area contributed by atoms with E-state index in [-0.39, 0.29) is 17.6 Å². The van der Waals surface area contributed by atoms with Crippen molar-refractivity contribution in [2.75, 3.05) is 0 Å². The summed E-state index contributed by atoms with van der Waals surface area (Å²) in [6, 6.07) is 2.45. The third kappa shape index (κ3) is 4.49. The highest BCUT2D eigenvalue weighted by Crippen LogP contribution is 2.54. The molecule has 30 heavy (non-hydrogen) atoms. The summed E-state index contributed by atoms with van der Waals surface area (Å²) >= 11 is 0. The van der Waals surface area contributed by atoms with Crippen LogP contribution in [0.2, 0.25) is 19.6 Å². The molecule has 0 bridgehead atoms. The van der Waals surface area contributed by atoms with Gasteiger partial charge in [0, 0.05) is 37.8 Å². The standard InChI is InChI=1S/C20H27F3O5SSi/c1-12-7-8-15-14(9-12)18-16(26-19(15,2)3)10-13(11-17(18)28-30(4,5)6)27-29(24,25)20(21,22)23/h9-11,14-15H,7-8H2,1-6H3/q-1/t14-,15+/m1/s1. The van der Waals surface area contributed by atoms with Crippen LogP contribution in [-0.2, 0) is 10.1 Å². The Balaban J connectivity index is 2.19. The molecule has 0 fully saturated rings. The van der Waals surface area contributed by atoms with Crippen LogP contribution in [0.3, 0.4) is 0 Å². The highest BCUT2D eigenvalue weighted by Gasteiger charge is 2.49. The van der Waals surface area contributed by atoms with Gasteiger partial charge in [0.25, 0.3) is 0 Å². The van der Waals surface area contributed by atoms with Crippen LogP contribution in [0.25, 0.3) is 0 Å². The SMILES string of the molecule is CC1=C[C@H]2c3c(cc(OS(=O)(=O)C(F)(F)F)cc3O[Si-](C)(C)C)OC(C)(C)[C@H]2CC1. The number of fused-ring (bicyclic) bond motifs is 3. The molecule has 169 valence electrons. The van der Waals surface area contributed by atoms with Crippen LogP contribution in [0.1, 0.15) is 45.1 Å². The zero-order valence-corrected chi connectivity index (χ0v) is 19.7. The number of hydrogen-bond acceptors (Lipinski definition) is 5. The Morgan fingerprint density at radius 3 is 2.40 bits per heavy atom. The van der Waals surface area contributed by atoms with Crippen LogP contribution < -0.4 is 13.3 Å². The number of allylic oxidation sites excluding steroid dienone is 2. The minimum atomic E-state index is -5.81. The van der Waals surface area contributed by atoms with Gasteiger partial charge < -0.3 is 13.3 Å². The van der Waals surface area contributed by atoms with E-state index >= 15 is 0 Å². The van der Waals surface area contributed by atoms with Gasteiger partial charge in [-0.2, -0.15) is 21.6 Å². The van der Waals surface area contributed by atoms with Crippen LogP contribution in [0.4, 0.5) is 13.2 Å². The van der Waals surface area contributed by atoms with E-state index in [1.807, 2.05) is 40.4 Å². The van der Waals surface area contributed by atoms with Gasteiger partial charge in [-0.05, 0) is 33.6 Å². The zero-order valence-electron chi connectivity index (χ0n) is 17.9. The predicted octanol–water partition coefficient (Wildman–Crippen LogP) is 5.74. The number of hydrogen-bond donors (Lipinski definition) is 0. The Morgan fingerprint density at radius 1 is 1.20 bits per heavy atom. The van der Waals surface area contributed by atoms with Gasteiger partial charge in [-0.1, -0.05) is 11.6 Å². The van der Waals surface area contributed by atoms with Gasteiger partial charge >= 0.3 is 15.6 Å². The van der Waals surface area contributed by atoms with Crippen LogP contribution in [0, 0.1) is 5.92 Å². The first-order valence-electron chi connectivity index (χ1n) is 9.74. The molecule has 1 heterocycles. The average molecular weight is 465 g/mol. The molecule has 5 nitrogen and oxygen atoms in total. The second-order valence-electron chi connectivity index (χ2n) is 9.42. The highest BCUT2D eigenvalue weighted by molar-refractivity contribution is 7.88. The van der Waals surface area contributed by atoms with E-state index in [9.17, 15) is 21.6 Å². The summed E-state index contributed by atoms with van der Waals surface area (Å²) in [6.45, 7) is 11.7. The second-order valence-corrected chi connectivity index (χ2v) is 15.4. The van der Waals surface area contributed by atoms with E-state index in [0.29, 0.717) is 5.75 Å². The largest absolute Gasteiger partial charge is 0.689 e. The molecule has 2 atom stereocenters. The van der Waals surface area contributed by atoms with Gasteiger partial charge in [-0.25, -0.2) is 0 Å². The van der Waals surface area contributed by atoms with Crippen molar-refractivity contribution >= 4 is 18.4 Å². The van der Waals surface area contributed by atoms with Gasteiger partial charge in [-0.3, -0.25) is 0 Å². The first-order valence-corrected chi connectivity index (χ1v) is 14.6. The van der Waals surface area contributed by atoms with E-state index in [1.165, 1.54) is 17.7 Å². The van der Waals surface area contributed by atoms with E-state index in [2.05, 4.69) is 10.3 Å². The number of rotatable bonds is 4. The quantitative estimate of drug-likeness (QED) is 0.246. The predicted molar refractivity (Wildman–Crippen MR) is 110 cm³/mol. The second kappa shape index (κ2) is 7.18. The number of alkyl halides is 3. The molecule has 0 saturated heterocycles. The van der Waals surface area contributed by atoms with Crippen molar-refractivity contribution < 1.29 is 34.9 Å². The zero-order chi connectivity index (χ0) is 22.7. The van der Waals surface area contributed by atoms with Crippen molar-refractivity contribution in [2.24, 2.45) is 5.92 Å².